The topological polar surface area (TPSA) is 53.3 Å². The second-order valence-corrected chi connectivity index (χ2v) is 5.01. The van der Waals surface area contributed by atoms with Crippen LogP contribution in [-0.4, -0.2) is 37.6 Å². The third kappa shape index (κ3) is 4.66. The molecule has 102 valence electrons. The number of benzene rings is 1. The molecule has 0 N–H and O–H groups in total. The Bertz CT molecular complexity index is 483. The number of hydrogen-bond donors (Lipinski definition) is 0. The maximum atomic E-state index is 12.4. The molecule has 0 saturated carbocycles. The van der Waals surface area contributed by atoms with E-state index in [0.717, 1.165) is 10.0 Å². The molecular weight excluding hydrogens is 308 g/mol. The number of methoxy groups -OCH3 is 1. The van der Waals surface area contributed by atoms with Gasteiger partial charge in [-0.25, -0.2) is 0 Å². The molecule has 1 aromatic carbocycles. The summed E-state index contributed by atoms with van der Waals surface area (Å²) >= 11 is 3.41. The highest BCUT2D eigenvalue weighted by Crippen LogP contribution is 2.18. The van der Waals surface area contributed by atoms with Crippen molar-refractivity contribution < 1.29 is 9.53 Å². The summed E-state index contributed by atoms with van der Waals surface area (Å²) in [6.45, 7) is 3.32. The molecule has 0 heterocycles. The first kappa shape index (κ1) is 15.7. The van der Waals surface area contributed by atoms with Crippen LogP contribution in [0.4, 0.5) is 0 Å². The highest BCUT2D eigenvalue weighted by Gasteiger charge is 2.15. The van der Waals surface area contributed by atoms with Crippen LogP contribution in [0.15, 0.2) is 22.7 Å². The third-order valence-corrected chi connectivity index (χ3v) is 3.64. The molecule has 0 aliphatic rings. The van der Waals surface area contributed by atoms with E-state index in [2.05, 4.69) is 22.0 Å². The van der Waals surface area contributed by atoms with Crippen LogP contribution < -0.4 is 0 Å². The number of halogens is 1. The summed E-state index contributed by atoms with van der Waals surface area (Å²) in [6, 6.07) is 7.55. The molecule has 0 aliphatic heterocycles. The van der Waals surface area contributed by atoms with Gasteiger partial charge in [-0.3, -0.25) is 4.79 Å². The lowest BCUT2D eigenvalue weighted by Crippen LogP contribution is -2.34. The number of rotatable bonds is 6. The maximum Gasteiger partial charge on any atom is 0.253 e. The third-order valence-electron chi connectivity index (χ3n) is 2.75. The number of nitriles is 1. The van der Waals surface area contributed by atoms with Gasteiger partial charge in [0.1, 0.15) is 0 Å². The summed E-state index contributed by atoms with van der Waals surface area (Å²) in [5.41, 5.74) is 1.65. The molecule has 5 heteroatoms. The van der Waals surface area contributed by atoms with Gasteiger partial charge in [-0.1, -0.05) is 15.9 Å². The van der Waals surface area contributed by atoms with Crippen molar-refractivity contribution in [2.45, 2.75) is 13.3 Å². The fourth-order valence-electron chi connectivity index (χ4n) is 1.66. The van der Waals surface area contributed by atoms with Gasteiger partial charge in [0.05, 0.1) is 19.1 Å². The first-order valence-corrected chi connectivity index (χ1v) is 6.80. The van der Waals surface area contributed by atoms with Crippen molar-refractivity contribution in [2.75, 3.05) is 26.8 Å². The summed E-state index contributed by atoms with van der Waals surface area (Å²) < 4.78 is 5.97. The quantitative estimate of drug-likeness (QED) is 0.808. The van der Waals surface area contributed by atoms with Crippen LogP contribution in [0.2, 0.25) is 0 Å². The molecule has 4 nitrogen and oxygen atoms in total. The Hall–Kier alpha value is -1.38. The summed E-state index contributed by atoms with van der Waals surface area (Å²) in [7, 11) is 1.59. The number of ether oxygens (including phenoxy) is 1. The Kier molecular flexibility index (Phi) is 6.54. The molecule has 0 saturated heterocycles. The van der Waals surface area contributed by atoms with Crippen molar-refractivity contribution in [3.8, 4) is 6.07 Å². The molecule has 0 aromatic heterocycles. The minimum absolute atomic E-state index is 0.0668. The molecule has 1 rings (SSSR count). The number of carbonyl (C=O) groups excluding carboxylic acids is 1. The van der Waals surface area contributed by atoms with Crippen molar-refractivity contribution in [2.24, 2.45) is 0 Å². The molecule has 0 aliphatic carbocycles. The van der Waals surface area contributed by atoms with Gasteiger partial charge in [0.25, 0.3) is 5.91 Å². The SMILES string of the molecule is COCCN(CCC#N)C(=O)c1ccc(Br)c(C)c1. The number of aryl methyl sites for hydroxylation is 1. The molecule has 0 fully saturated rings. The predicted molar refractivity (Wildman–Crippen MR) is 76.9 cm³/mol. The maximum absolute atomic E-state index is 12.4. The molecule has 0 bridgehead atoms. The van der Waals surface area contributed by atoms with Crippen molar-refractivity contribution in [3.05, 3.63) is 33.8 Å². The van der Waals surface area contributed by atoms with Crippen molar-refractivity contribution in [1.29, 1.82) is 5.26 Å². The molecular formula is C14H17BrN2O2. The highest BCUT2D eigenvalue weighted by molar-refractivity contribution is 9.10. The molecule has 0 atom stereocenters. The second kappa shape index (κ2) is 7.93. The average molecular weight is 325 g/mol. The minimum atomic E-state index is -0.0668. The molecule has 0 spiro atoms. The Labute approximate surface area is 122 Å². The Morgan fingerprint density at radius 1 is 1.47 bits per heavy atom. The summed E-state index contributed by atoms with van der Waals surface area (Å²) in [4.78, 5) is 14.0. The van der Waals surface area contributed by atoms with Crippen LogP contribution in [0.3, 0.4) is 0 Å². The van der Waals surface area contributed by atoms with E-state index in [9.17, 15) is 4.79 Å². The van der Waals surface area contributed by atoms with Gasteiger partial charge in [0.2, 0.25) is 0 Å². The molecule has 19 heavy (non-hydrogen) atoms. The van der Waals surface area contributed by atoms with Crippen LogP contribution in [0.1, 0.15) is 22.3 Å². The number of hydrogen-bond acceptors (Lipinski definition) is 3. The monoisotopic (exact) mass is 324 g/mol. The van der Waals surface area contributed by atoms with Crippen LogP contribution >= 0.6 is 15.9 Å². The molecule has 0 unspecified atom stereocenters. The largest absolute Gasteiger partial charge is 0.383 e. The van der Waals surface area contributed by atoms with Gasteiger partial charge in [-0.15, -0.1) is 0 Å². The Morgan fingerprint density at radius 3 is 2.79 bits per heavy atom. The smallest absolute Gasteiger partial charge is 0.253 e. The highest BCUT2D eigenvalue weighted by atomic mass is 79.9. The van der Waals surface area contributed by atoms with Gasteiger partial charge >= 0.3 is 0 Å². The predicted octanol–water partition coefficient (Wildman–Crippen LogP) is 2.76. The van der Waals surface area contributed by atoms with Crippen molar-refractivity contribution in [3.63, 3.8) is 0 Å². The van der Waals surface area contributed by atoms with Gasteiger partial charge in [-0.05, 0) is 30.7 Å². The lowest BCUT2D eigenvalue weighted by molar-refractivity contribution is 0.0700. The average Bonchev–Trinajstić information content (AvgIpc) is 2.41. The van der Waals surface area contributed by atoms with E-state index in [0.29, 0.717) is 31.7 Å². The summed E-state index contributed by atoms with van der Waals surface area (Å²) in [6.07, 6.45) is 0.324. The van der Waals surface area contributed by atoms with E-state index in [1.807, 2.05) is 19.1 Å². The summed E-state index contributed by atoms with van der Waals surface area (Å²) in [5.74, 6) is -0.0668. The zero-order valence-electron chi connectivity index (χ0n) is 11.1. The molecule has 1 amide bonds. The van der Waals surface area contributed by atoms with Crippen molar-refractivity contribution >= 4 is 21.8 Å². The first-order valence-electron chi connectivity index (χ1n) is 6.01. The van der Waals surface area contributed by atoms with E-state index in [4.69, 9.17) is 10.00 Å². The van der Waals surface area contributed by atoms with Gasteiger partial charge in [0, 0.05) is 30.2 Å². The van der Waals surface area contributed by atoms with Crippen molar-refractivity contribution in [1.82, 2.24) is 4.90 Å². The fraction of sp³-hybridized carbons (Fsp3) is 0.429. The zero-order valence-corrected chi connectivity index (χ0v) is 12.7. The summed E-state index contributed by atoms with van der Waals surface area (Å²) in [5, 5.41) is 8.65. The standard InChI is InChI=1S/C14H17BrN2O2/c1-11-10-12(4-5-13(11)15)14(18)17(7-3-6-16)8-9-19-2/h4-5,10H,3,7-9H2,1-2H3. The first-order chi connectivity index (χ1) is 9.10. The van der Waals surface area contributed by atoms with Crippen LogP contribution in [0.25, 0.3) is 0 Å². The van der Waals surface area contributed by atoms with Gasteiger partial charge in [0.15, 0.2) is 0 Å². The lowest BCUT2D eigenvalue weighted by atomic mass is 10.1. The zero-order chi connectivity index (χ0) is 14.3. The Morgan fingerprint density at radius 2 is 2.21 bits per heavy atom. The number of carbonyl (C=O) groups is 1. The van der Waals surface area contributed by atoms with Gasteiger partial charge < -0.3 is 9.64 Å². The number of amides is 1. The van der Waals surface area contributed by atoms with E-state index in [1.54, 1.807) is 18.1 Å². The molecule has 1 aromatic rings. The lowest BCUT2D eigenvalue weighted by Gasteiger charge is -2.21. The number of nitrogens with zero attached hydrogens (tertiary/aromatic N) is 2. The normalized spacial score (nSPS) is 10.0. The fourth-order valence-corrected chi connectivity index (χ4v) is 1.91. The van der Waals surface area contributed by atoms with E-state index in [1.165, 1.54) is 0 Å². The second-order valence-electron chi connectivity index (χ2n) is 4.16. The van der Waals surface area contributed by atoms with Crippen LogP contribution in [0, 0.1) is 18.3 Å². The minimum Gasteiger partial charge on any atom is -0.383 e. The van der Waals surface area contributed by atoms with E-state index in [-0.39, 0.29) is 5.91 Å². The van der Waals surface area contributed by atoms with Crippen LogP contribution in [0.5, 0.6) is 0 Å². The Balaban J connectivity index is 2.84. The van der Waals surface area contributed by atoms with Gasteiger partial charge in [-0.2, -0.15) is 5.26 Å². The van der Waals surface area contributed by atoms with E-state index < -0.39 is 0 Å². The van der Waals surface area contributed by atoms with Crippen LogP contribution in [-0.2, 0) is 4.74 Å². The molecule has 0 radical (unpaired) electrons. The van der Waals surface area contributed by atoms with E-state index >= 15 is 0 Å².